The molecule has 0 bridgehead atoms. The SMILES string of the molecule is CCn1c(C(=O)NCCN2CCOCC2)cc2cc(NC(=O)Cc3ccc(F)cc3)ccc21. The van der Waals surface area contributed by atoms with E-state index < -0.39 is 0 Å². The molecule has 0 saturated carbocycles. The third-order valence-electron chi connectivity index (χ3n) is 5.83. The third-order valence-corrected chi connectivity index (χ3v) is 5.83. The van der Waals surface area contributed by atoms with Gasteiger partial charge in [0, 0.05) is 49.3 Å². The summed E-state index contributed by atoms with van der Waals surface area (Å²) in [5.41, 5.74) is 2.93. The smallest absolute Gasteiger partial charge is 0.267 e. The second-order valence-corrected chi connectivity index (χ2v) is 8.11. The van der Waals surface area contributed by atoms with Gasteiger partial charge in [0.1, 0.15) is 11.5 Å². The summed E-state index contributed by atoms with van der Waals surface area (Å²) in [5.74, 6) is -0.619. The highest BCUT2D eigenvalue weighted by Crippen LogP contribution is 2.24. The summed E-state index contributed by atoms with van der Waals surface area (Å²) in [6.07, 6.45) is 0.158. The fourth-order valence-electron chi connectivity index (χ4n) is 4.11. The Morgan fingerprint density at radius 1 is 1.06 bits per heavy atom. The number of nitrogens with zero attached hydrogens (tertiary/aromatic N) is 2. The van der Waals surface area contributed by atoms with E-state index in [2.05, 4.69) is 15.5 Å². The van der Waals surface area contributed by atoms with Crippen molar-refractivity contribution in [2.75, 3.05) is 44.7 Å². The molecule has 1 aliphatic heterocycles. The van der Waals surface area contributed by atoms with Gasteiger partial charge in [-0.1, -0.05) is 12.1 Å². The molecule has 1 aromatic heterocycles. The van der Waals surface area contributed by atoms with Crippen molar-refractivity contribution >= 4 is 28.4 Å². The fraction of sp³-hybridized carbons (Fsp3) is 0.360. The van der Waals surface area contributed by atoms with Gasteiger partial charge < -0.3 is 19.9 Å². The lowest BCUT2D eigenvalue weighted by molar-refractivity contribution is -0.115. The number of fused-ring (bicyclic) bond motifs is 1. The first-order valence-corrected chi connectivity index (χ1v) is 11.3. The van der Waals surface area contributed by atoms with Gasteiger partial charge >= 0.3 is 0 Å². The maximum atomic E-state index is 13.1. The maximum Gasteiger partial charge on any atom is 0.267 e. The number of nitrogens with one attached hydrogen (secondary N) is 2. The van der Waals surface area contributed by atoms with Gasteiger partial charge in [0.05, 0.1) is 19.6 Å². The van der Waals surface area contributed by atoms with Gasteiger partial charge in [-0.15, -0.1) is 0 Å². The molecule has 174 valence electrons. The largest absolute Gasteiger partial charge is 0.379 e. The molecule has 2 amide bonds. The summed E-state index contributed by atoms with van der Waals surface area (Å²) in [5, 5.41) is 6.79. The van der Waals surface area contributed by atoms with Crippen molar-refractivity contribution in [1.82, 2.24) is 14.8 Å². The van der Waals surface area contributed by atoms with E-state index in [0.29, 0.717) is 24.5 Å². The normalized spacial score (nSPS) is 14.4. The Morgan fingerprint density at radius 3 is 2.55 bits per heavy atom. The lowest BCUT2D eigenvalue weighted by atomic mass is 10.1. The summed E-state index contributed by atoms with van der Waals surface area (Å²) in [6, 6.07) is 13.4. The molecule has 2 heterocycles. The number of carbonyl (C=O) groups excluding carboxylic acids is 2. The predicted molar refractivity (Wildman–Crippen MR) is 126 cm³/mol. The minimum Gasteiger partial charge on any atom is -0.379 e. The second-order valence-electron chi connectivity index (χ2n) is 8.11. The number of aryl methyl sites for hydroxylation is 1. The average molecular weight is 453 g/mol. The zero-order chi connectivity index (χ0) is 23.2. The van der Waals surface area contributed by atoms with Crippen LogP contribution < -0.4 is 10.6 Å². The van der Waals surface area contributed by atoms with Gasteiger partial charge in [0.25, 0.3) is 5.91 Å². The van der Waals surface area contributed by atoms with Crippen LogP contribution in [0.4, 0.5) is 10.1 Å². The van der Waals surface area contributed by atoms with Crippen LogP contribution in [-0.2, 0) is 22.5 Å². The van der Waals surface area contributed by atoms with Crippen molar-refractivity contribution in [3.05, 3.63) is 65.6 Å². The number of anilines is 1. The highest BCUT2D eigenvalue weighted by atomic mass is 19.1. The van der Waals surface area contributed by atoms with E-state index in [1.165, 1.54) is 12.1 Å². The lowest BCUT2D eigenvalue weighted by Crippen LogP contribution is -2.41. The number of amides is 2. The van der Waals surface area contributed by atoms with Crippen molar-refractivity contribution in [1.29, 1.82) is 0 Å². The first-order valence-electron chi connectivity index (χ1n) is 11.3. The number of ether oxygens (including phenoxy) is 1. The number of hydrogen-bond acceptors (Lipinski definition) is 4. The van der Waals surface area contributed by atoms with Crippen molar-refractivity contribution in [2.45, 2.75) is 19.9 Å². The summed E-state index contributed by atoms with van der Waals surface area (Å²) < 4.78 is 20.4. The zero-order valence-corrected chi connectivity index (χ0v) is 18.8. The number of carbonyl (C=O) groups is 2. The number of morpholine rings is 1. The molecule has 3 aromatic rings. The zero-order valence-electron chi connectivity index (χ0n) is 18.8. The molecular formula is C25H29FN4O3. The predicted octanol–water partition coefficient (Wildman–Crippen LogP) is 3.04. The van der Waals surface area contributed by atoms with E-state index in [1.54, 1.807) is 12.1 Å². The summed E-state index contributed by atoms with van der Waals surface area (Å²) in [7, 11) is 0. The Morgan fingerprint density at radius 2 is 1.82 bits per heavy atom. The van der Waals surface area contributed by atoms with Crippen molar-refractivity contribution in [2.24, 2.45) is 0 Å². The van der Waals surface area contributed by atoms with Gasteiger partial charge in [0.15, 0.2) is 0 Å². The number of aromatic nitrogens is 1. The fourth-order valence-corrected chi connectivity index (χ4v) is 4.11. The summed E-state index contributed by atoms with van der Waals surface area (Å²) in [6.45, 7) is 7.29. The molecule has 1 fully saturated rings. The molecule has 33 heavy (non-hydrogen) atoms. The van der Waals surface area contributed by atoms with Crippen molar-refractivity contribution in [3.8, 4) is 0 Å². The van der Waals surface area contributed by atoms with E-state index in [-0.39, 0.29) is 24.1 Å². The number of hydrogen-bond donors (Lipinski definition) is 2. The molecule has 1 saturated heterocycles. The Labute approximate surface area is 192 Å². The quantitative estimate of drug-likeness (QED) is 0.551. The van der Waals surface area contributed by atoms with Crippen LogP contribution in [0.5, 0.6) is 0 Å². The van der Waals surface area contributed by atoms with Crippen LogP contribution in [0, 0.1) is 5.82 Å². The van der Waals surface area contributed by atoms with Gasteiger partial charge in [-0.3, -0.25) is 14.5 Å². The molecule has 7 nitrogen and oxygen atoms in total. The van der Waals surface area contributed by atoms with Gasteiger partial charge in [-0.05, 0) is 48.9 Å². The molecule has 0 radical (unpaired) electrons. The van der Waals surface area contributed by atoms with Crippen LogP contribution in [0.1, 0.15) is 23.0 Å². The van der Waals surface area contributed by atoms with Gasteiger partial charge in [0.2, 0.25) is 5.91 Å². The first-order chi connectivity index (χ1) is 16.0. The molecule has 0 atom stereocenters. The van der Waals surface area contributed by atoms with E-state index in [0.717, 1.165) is 49.3 Å². The van der Waals surface area contributed by atoms with Gasteiger partial charge in [-0.25, -0.2) is 4.39 Å². The van der Waals surface area contributed by atoms with Gasteiger partial charge in [-0.2, -0.15) is 0 Å². The number of rotatable bonds is 8. The Kier molecular flexibility index (Phi) is 7.36. The summed E-state index contributed by atoms with van der Waals surface area (Å²) >= 11 is 0. The molecule has 0 unspecified atom stereocenters. The van der Waals surface area contributed by atoms with E-state index in [1.807, 2.05) is 35.8 Å². The van der Waals surface area contributed by atoms with Crippen LogP contribution in [-0.4, -0.2) is 60.7 Å². The Hall–Kier alpha value is -3.23. The molecule has 0 aliphatic carbocycles. The monoisotopic (exact) mass is 452 g/mol. The van der Waals surface area contributed by atoms with Crippen molar-refractivity contribution in [3.63, 3.8) is 0 Å². The molecule has 0 spiro atoms. The second kappa shape index (κ2) is 10.6. The van der Waals surface area contributed by atoms with Crippen LogP contribution in [0.25, 0.3) is 10.9 Å². The third kappa shape index (κ3) is 5.77. The molecule has 2 N–H and O–H groups in total. The highest BCUT2D eigenvalue weighted by molar-refractivity contribution is 6.00. The maximum absolute atomic E-state index is 13.1. The van der Waals surface area contributed by atoms with Crippen LogP contribution >= 0.6 is 0 Å². The first kappa shape index (κ1) is 22.9. The molecule has 8 heteroatoms. The highest BCUT2D eigenvalue weighted by Gasteiger charge is 2.16. The van der Waals surface area contributed by atoms with Crippen LogP contribution in [0.2, 0.25) is 0 Å². The van der Waals surface area contributed by atoms with Crippen molar-refractivity contribution < 1.29 is 18.7 Å². The molecule has 1 aliphatic rings. The lowest BCUT2D eigenvalue weighted by Gasteiger charge is -2.26. The average Bonchev–Trinajstić information content (AvgIpc) is 3.19. The number of halogens is 1. The number of benzene rings is 2. The minimum atomic E-state index is -0.328. The Balaban J connectivity index is 1.41. The topological polar surface area (TPSA) is 75.6 Å². The Bertz CT molecular complexity index is 1120. The standard InChI is InChI=1S/C25H29FN4O3/c1-2-30-22-8-7-21(28-24(31)15-18-3-5-20(26)6-4-18)16-19(22)17-23(30)25(32)27-9-10-29-11-13-33-14-12-29/h3-8,16-17H,2,9-15H2,1H3,(H,27,32)(H,28,31). The molecular weight excluding hydrogens is 423 g/mol. The minimum absolute atomic E-state index is 0.108. The van der Waals surface area contributed by atoms with E-state index in [4.69, 9.17) is 4.74 Å². The van der Waals surface area contributed by atoms with E-state index >= 15 is 0 Å². The van der Waals surface area contributed by atoms with E-state index in [9.17, 15) is 14.0 Å². The molecule has 4 rings (SSSR count). The van der Waals surface area contributed by atoms with Crippen LogP contribution in [0.3, 0.4) is 0 Å². The summed E-state index contributed by atoms with van der Waals surface area (Å²) in [4.78, 5) is 27.5. The molecule has 2 aromatic carbocycles. The van der Waals surface area contributed by atoms with Crippen LogP contribution in [0.15, 0.2) is 48.5 Å².